The number of aromatic nitrogens is 2. The topological polar surface area (TPSA) is 56.6 Å². The molecule has 0 radical (unpaired) electrons. The monoisotopic (exact) mass is 451 g/mol. The van der Waals surface area contributed by atoms with Gasteiger partial charge in [0, 0.05) is 18.2 Å². The van der Waals surface area contributed by atoms with Crippen LogP contribution in [0.3, 0.4) is 0 Å². The Labute approximate surface area is 180 Å². The van der Waals surface area contributed by atoms with Gasteiger partial charge in [0.2, 0.25) is 6.79 Å². The highest BCUT2D eigenvalue weighted by molar-refractivity contribution is 6.32. The summed E-state index contributed by atoms with van der Waals surface area (Å²) in [6.07, 6.45) is -4.68. The third kappa shape index (κ3) is 3.59. The van der Waals surface area contributed by atoms with Crippen molar-refractivity contribution < 1.29 is 27.4 Å². The Morgan fingerprint density at radius 1 is 1.19 bits per heavy atom. The Morgan fingerprint density at radius 2 is 1.94 bits per heavy atom. The van der Waals surface area contributed by atoms with Crippen LogP contribution in [0.4, 0.5) is 18.9 Å². The molecule has 2 heterocycles. The molecule has 6 nitrogen and oxygen atoms in total. The lowest BCUT2D eigenvalue weighted by Gasteiger charge is -2.21. The third-order valence-corrected chi connectivity index (χ3v) is 5.53. The zero-order chi connectivity index (χ0) is 22.5. The van der Waals surface area contributed by atoms with Crippen LogP contribution in [0.2, 0.25) is 5.02 Å². The van der Waals surface area contributed by atoms with E-state index in [9.17, 15) is 18.0 Å². The van der Waals surface area contributed by atoms with E-state index < -0.39 is 16.9 Å². The zero-order valence-corrected chi connectivity index (χ0v) is 17.5. The Balaban J connectivity index is 1.69. The fraction of sp³-hybridized carbons (Fsp3) is 0.238. The molecule has 0 saturated carbocycles. The summed E-state index contributed by atoms with van der Waals surface area (Å²) in [6.45, 7) is 3.36. The predicted octanol–water partition coefficient (Wildman–Crippen LogP) is 5.17. The maximum Gasteiger partial charge on any atom is 0.436 e. The first-order chi connectivity index (χ1) is 14.6. The number of anilines is 1. The molecule has 1 amide bonds. The van der Waals surface area contributed by atoms with E-state index in [1.54, 1.807) is 37.4 Å². The lowest BCUT2D eigenvalue weighted by atomic mass is 10.1. The van der Waals surface area contributed by atoms with E-state index in [0.29, 0.717) is 17.2 Å². The zero-order valence-electron chi connectivity index (χ0n) is 16.7. The smallest absolute Gasteiger partial charge is 0.436 e. The van der Waals surface area contributed by atoms with Gasteiger partial charge in [-0.1, -0.05) is 17.7 Å². The van der Waals surface area contributed by atoms with Crippen molar-refractivity contribution in [3.05, 3.63) is 63.9 Å². The minimum absolute atomic E-state index is 0.116. The fourth-order valence-corrected chi connectivity index (χ4v) is 3.68. The van der Waals surface area contributed by atoms with Gasteiger partial charge in [-0.15, -0.1) is 0 Å². The van der Waals surface area contributed by atoms with Crippen molar-refractivity contribution >= 4 is 23.2 Å². The number of benzene rings is 2. The summed E-state index contributed by atoms with van der Waals surface area (Å²) in [5.74, 6) is 0.832. The van der Waals surface area contributed by atoms with Crippen LogP contribution in [0.5, 0.6) is 11.5 Å². The molecule has 1 aromatic heterocycles. The van der Waals surface area contributed by atoms with Crippen molar-refractivity contribution in [3.8, 4) is 17.2 Å². The summed E-state index contributed by atoms with van der Waals surface area (Å²) in [5, 5.41) is 3.14. The molecule has 162 valence electrons. The van der Waals surface area contributed by atoms with Crippen LogP contribution in [-0.2, 0) is 6.18 Å². The van der Waals surface area contributed by atoms with E-state index in [1.807, 2.05) is 6.92 Å². The molecule has 0 fully saturated rings. The number of hydrogen-bond donors (Lipinski definition) is 0. The van der Waals surface area contributed by atoms with Gasteiger partial charge in [0.05, 0.1) is 22.1 Å². The minimum Gasteiger partial charge on any atom is -0.454 e. The molecule has 0 aliphatic carbocycles. The maximum absolute atomic E-state index is 13.2. The number of fused-ring (bicyclic) bond motifs is 1. The molecule has 10 heteroatoms. The number of halogens is 4. The Kier molecular flexibility index (Phi) is 5.09. The Bertz CT molecular complexity index is 1190. The normalized spacial score (nSPS) is 12.9. The molecule has 0 unspecified atom stereocenters. The van der Waals surface area contributed by atoms with E-state index in [1.165, 1.54) is 17.9 Å². The number of hydrogen-bond acceptors (Lipinski definition) is 4. The van der Waals surface area contributed by atoms with Crippen LogP contribution in [0.15, 0.2) is 36.4 Å². The second kappa shape index (κ2) is 7.49. The molecule has 0 bridgehead atoms. The van der Waals surface area contributed by atoms with Crippen LogP contribution in [0.1, 0.15) is 27.3 Å². The van der Waals surface area contributed by atoms with E-state index in [2.05, 4.69) is 5.10 Å². The highest BCUT2D eigenvalue weighted by Crippen LogP contribution is 2.40. The number of amides is 1. The fourth-order valence-electron chi connectivity index (χ4n) is 3.45. The lowest BCUT2D eigenvalue weighted by Crippen LogP contribution is -2.27. The van der Waals surface area contributed by atoms with Crippen LogP contribution >= 0.6 is 11.6 Å². The van der Waals surface area contributed by atoms with Crippen LogP contribution in [-0.4, -0.2) is 29.5 Å². The van der Waals surface area contributed by atoms with Gasteiger partial charge in [0.1, 0.15) is 0 Å². The molecule has 0 atom stereocenters. The van der Waals surface area contributed by atoms with Gasteiger partial charge in [-0.2, -0.15) is 18.3 Å². The number of ether oxygens (including phenoxy) is 2. The first-order valence-corrected chi connectivity index (χ1v) is 9.57. The molecule has 3 aromatic rings. The summed E-state index contributed by atoms with van der Waals surface area (Å²) in [6, 6.07) is 9.65. The first-order valence-electron chi connectivity index (χ1n) is 9.19. The van der Waals surface area contributed by atoms with Gasteiger partial charge >= 0.3 is 6.18 Å². The highest BCUT2D eigenvalue weighted by Gasteiger charge is 2.38. The van der Waals surface area contributed by atoms with E-state index in [0.717, 1.165) is 10.2 Å². The molecule has 1 aliphatic rings. The van der Waals surface area contributed by atoms with Crippen LogP contribution in [0, 0.1) is 13.8 Å². The molecular formula is C21H17ClF3N3O3. The van der Waals surface area contributed by atoms with Gasteiger partial charge < -0.3 is 14.4 Å². The molecule has 0 spiro atoms. The van der Waals surface area contributed by atoms with Crippen LogP contribution in [0.25, 0.3) is 5.69 Å². The summed E-state index contributed by atoms with van der Waals surface area (Å²) < 4.78 is 51.3. The summed E-state index contributed by atoms with van der Waals surface area (Å²) in [7, 11) is 1.61. The molecular weight excluding hydrogens is 435 g/mol. The Morgan fingerprint density at radius 3 is 2.61 bits per heavy atom. The Hall–Kier alpha value is -3.20. The molecule has 1 aliphatic heterocycles. The molecule has 0 N–H and O–H groups in total. The highest BCUT2D eigenvalue weighted by atomic mass is 35.5. The summed E-state index contributed by atoms with van der Waals surface area (Å²) in [4.78, 5) is 14.6. The van der Waals surface area contributed by atoms with Crippen molar-refractivity contribution in [1.29, 1.82) is 0 Å². The first kappa shape index (κ1) is 21.0. The number of alkyl halides is 3. The predicted molar refractivity (Wildman–Crippen MR) is 108 cm³/mol. The van der Waals surface area contributed by atoms with Crippen molar-refractivity contribution in [3.63, 3.8) is 0 Å². The van der Waals surface area contributed by atoms with Crippen molar-refractivity contribution in [1.82, 2.24) is 9.78 Å². The second-order valence-electron chi connectivity index (χ2n) is 7.02. The lowest BCUT2D eigenvalue weighted by molar-refractivity contribution is -0.141. The van der Waals surface area contributed by atoms with Crippen LogP contribution < -0.4 is 14.4 Å². The average molecular weight is 452 g/mol. The quantitative estimate of drug-likeness (QED) is 0.551. The largest absolute Gasteiger partial charge is 0.454 e. The van der Waals surface area contributed by atoms with E-state index >= 15 is 0 Å². The SMILES string of the molecule is Cc1c(N(C)C(=O)c2cccc(-n3nc(C(F)(F)F)c(Cl)c3C)c2)ccc2c1OCO2. The second-order valence-corrected chi connectivity index (χ2v) is 7.39. The number of carbonyl (C=O) groups excluding carboxylic acids is 1. The van der Waals surface area contributed by atoms with Gasteiger partial charge in [0.25, 0.3) is 5.91 Å². The standard InChI is InChI=1S/C21H17ClF3N3O3/c1-11-15(7-8-16-18(11)31-10-30-16)27(3)20(29)13-5-4-6-14(9-13)28-12(2)17(22)19(26-28)21(23,24)25/h4-9H,10H2,1-3H3. The number of nitrogens with zero attached hydrogens (tertiary/aromatic N) is 3. The van der Waals surface area contributed by atoms with Gasteiger partial charge in [-0.3, -0.25) is 4.79 Å². The summed E-state index contributed by atoms with van der Waals surface area (Å²) >= 11 is 5.84. The molecule has 31 heavy (non-hydrogen) atoms. The van der Waals surface area contributed by atoms with Crippen molar-refractivity contribution in [2.24, 2.45) is 0 Å². The minimum atomic E-state index is -4.68. The molecule has 2 aromatic carbocycles. The average Bonchev–Trinajstić information content (AvgIpc) is 3.33. The van der Waals surface area contributed by atoms with Crippen molar-refractivity contribution in [2.75, 3.05) is 18.7 Å². The van der Waals surface area contributed by atoms with Crippen molar-refractivity contribution in [2.45, 2.75) is 20.0 Å². The summed E-state index contributed by atoms with van der Waals surface area (Å²) in [5.41, 5.74) is 0.882. The van der Waals surface area contributed by atoms with E-state index in [-0.39, 0.29) is 29.6 Å². The van der Waals surface area contributed by atoms with Gasteiger partial charge in [-0.05, 0) is 44.2 Å². The number of rotatable bonds is 3. The van der Waals surface area contributed by atoms with Gasteiger partial charge in [0.15, 0.2) is 17.2 Å². The maximum atomic E-state index is 13.2. The molecule has 4 rings (SSSR count). The molecule has 0 saturated heterocycles. The number of carbonyl (C=O) groups is 1. The van der Waals surface area contributed by atoms with Gasteiger partial charge in [-0.25, -0.2) is 4.68 Å². The third-order valence-electron chi connectivity index (χ3n) is 5.07. The van der Waals surface area contributed by atoms with E-state index in [4.69, 9.17) is 21.1 Å².